The van der Waals surface area contributed by atoms with Gasteiger partial charge in [-0.05, 0) is 17.5 Å². The van der Waals surface area contributed by atoms with Gasteiger partial charge in [0, 0.05) is 6.54 Å². The number of rotatable bonds is 1. The van der Waals surface area contributed by atoms with Crippen molar-refractivity contribution in [1.82, 2.24) is 4.31 Å². The first-order valence-corrected chi connectivity index (χ1v) is 6.97. The van der Waals surface area contributed by atoms with Crippen molar-refractivity contribution in [3.8, 4) is 0 Å². The van der Waals surface area contributed by atoms with Crippen LogP contribution in [0.2, 0.25) is 0 Å². The average molecular weight is 246 g/mol. The Morgan fingerprint density at radius 1 is 1.40 bits per heavy atom. The Morgan fingerprint density at radius 2 is 2.07 bits per heavy atom. The van der Waals surface area contributed by atoms with Crippen LogP contribution < -0.4 is 0 Å². The summed E-state index contributed by atoms with van der Waals surface area (Å²) in [5, 5.41) is 0. The lowest BCUT2D eigenvalue weighted by Gasteiger charge is -2.31. The molecule has 82 valence electrons. The van der Waals surface area contributed by atoms with Crippen LogP contribution in [0.1, 0.15) is 16.6 Å². The Hall–Kier alpha value is -0.580. The van der Waals surface area contributed by atoms with Gasteiger partial charge < -0.3 is 0 Å². The molecule has 1 unspecified atom stereocenters. The summed E-state index contributed by atoms with van der Waals surface area (Å²) in [6, 6.07) is 7.69. The highest BCUT2D eigenvalue weighted by Crippen LogP contribution is 2.33. The Kier molecular flexibility index (Phi) is 2.75. The van der Waals surface area contributed by atoms with Crippen LogP contribution in [0.4, 0.5) is 0 Å². The van der Waals surface area contributed by atoms with Crippen LogP contribution in [0.3, 0.4) is 0 Å². The fourth-order valence-corrected chi connectivity index (χ4v) is 3.44. The fraction of sp³-hybridized carbons (Fsp3) is 0.400. The minimum absolute atomic E-state index is 0.462. The lowest BCUT2D eigenvalue weighted by atomic mass is 10.0. The van der Waals surface area contributed by atoms with Gasteiger partial charge in [0.15, 0.2) is 0 Å². The summed E-state index contributed by atoms with van der Waals surface area (Å²) in [5.74, 6) is 0. The van der Waals surface area contributed by atoms with E-state index in [-0.39, 0.29) is 0 Å². The van der Waals surface area contributed by atoms with Crippen molar-refractivity contribution in [3.05, 3.63) is 35.4 Å². The minimum atomic E-state index is -3.22. The molecule has 3 nitrogen and oxygen atoms in total. The number of alkyl halides is 1. The highest BCUT2D eigenvalue weighted by molar-refractivity contribution is 7.88. The Bertz CT molecular complexity index is 472. The van der Waals surface area contributed by atoms with Gasteiger partial charge in [-0.3, -0.25) is 0 Å². The first-order valence-electron chi connectivity index (χ1n) is 4.69. The molecule has 0 spiro atoms. The Morgan fingerprint density at radius 3 is 2.73 bits per heavy atom. The highest BCUT2D eigenvalue weighted by atomic mass is 35.5. The van der Waals surface area contributed by atoms with Crippen molar-refractivity contribution in [1.29, 1.82) is 0 Å². The zero-order chi connectivity index (χ0) is 11.1. The van der Waals surface area contributed by atoms with E-state index in [4.69, 9.17) is 11.6 Å². The SMILES string of the molecule is CS(=O)(=O)N1CCc2ccccc2C1Cl. The molecule has 1 aliphatic rings. The maximum Gasteiger partial charge on any atom is 0.212 e. The van der Waals surface area contributed by atoms with Gasteiger partial charge in [0.1, 0.15) is 5.50 Å². The molecule has 0 aromatic heterocycles. The van der Waals surface area contributed by atoms with Crippen molar-refractivity contribution in [2.45, 2.75) is 11.9 Å². The molecule has 0 aliphatic carbocycles. The topological polar surface area (TPSA) is 37.4 Å². The van der Waals surface area contributed by atoms with Gasteiger partial charge in [0.25, 0.3) is 0 Å². The first kappa shape index (κ1) is 10.9. The third-order valence-corrected chi connectivity index (χ3v) is 4.42. The van der Waals surface area contributed by atoms with Crippen LogP contribution in [-0.2, 0) is 16.4 Å². The van der Waals surface area contributed by atoms with Gasteiger partial charge in [-0.1, -0.05) is 35.9 Å². The molecule has 1 heterocycles. The van der Waals surface area contributed by atoms with Crippen LogP contribution >= 0.6 is 11.6 Å². The maximum absolute atomic E-state index is 11.4. The van der Waals surface area contributed by atoms with E-state index < -0.39 is 15.5 Å². The number of hydrogen-bond donors (Lipinski definition) is 0. The summed E-state index contributed by atoms with van der Waals surface area (Å²) >= 11 is 6.14. The van der Waals surface area contributed by atoms with E-state index in [1.54, 1.807) is 0 Å². The van der Waals surface area contributed by atoms with Gasteiger partial charge in [-0.15, -0.1) is 0 Å². The molecule has 1 aromatic rings. The summed E-state index contributed by atoms with van der Waals surface area (Å²) in [4.78, 5) is 0. The van der Waals surface area contributed by atoms with E-state index in [0.29, 0.717) is 6.54 Å². The van der Waals surface area contributed by atoms with Crippen LogP contribution in [0, 0.1) is 0 Å². The predicted octanol–water partition coefficient (Wildman–Crippen LogP) is 1.74. The molecule has 0 amide bonds. The van der Waals surface area contributed by atoms with Crippen molar-refractivity contribution >= 4 is 21.6 Å². The molecule has 1 aromatic carbocycles. The van der Waals surface area contributed by atoms with Crippen LogP contribution in [-0.4, -0.2) is 25.5 Å². The molecule has 1 aliphatic heterocycles. The molecule has 0 saturated heterocycles. The van der Waals surface area contributed by atoms with Gasteiger partial charge in [0.05, 0.1) is 6.26 Å². The lowest BCUT2D eigenvalue weighted by Crippen LogP contribution is -2.37. The number of sulfonamides is 1. The molecule has 0 fully saturated rings. The van der Waals surface area contributed by atoms with E-state index in [9.17, 15) is 8.42 Å². The summed E-state index contributed by atoms with van der Waals surface area (Å²) in [6.07, 6.45) is 1.92. The first-order chi connectivity index (χ1) is 7.00. The van der Waals surface area contributed by atoms with Crippen LogP contribution in [0.15, 0.2) is 24.3 Å². The molecule has 0 N–H and O–H groups in total. The normalized spacial score (nSPS) is 22.4. The van der Waals surface area contributed by atoms with Crippen molar-refractivity contribution < 1.29 is 8.42 Å². The molecular weight excluding hydrogens is 234 g/mol. The molecule has 0 saturated carbocycles. The standard InChI is InChI=1S/C10H12ClNO2S/c1-15(13,14)12-7-6-8-4-2-3-5-9(8)10(12)11/h2-5,10H,6-7H2,1H3. The van der Waals surface area contributed by atoms with Gasteiger partial charge >= 0.3 is 0 Å². The van der Waals surface area contributed by atoms with Gasteiger partial charge in [-0.2, -0.15) is 4.31 Å². The summed E-state index contributed by atoms with van der Waals surface area (Å²) < 4.78 is 24.2. The van der Waals surface area contributed by atoms with E-state index >= 15 is 0 Å². The van der Waals surface area contributed by atoms with Crippen molar-refractivity contribution in [2.75, 3.05) is 12.8 Å². The zero-order valence-electron chi connectivity index (χ0n) is 8.35. The Balaban J connectivity index is 2.42. The number of hydrogen-bond acceptors (Lipinski definition) is 2. The molecule has 5 heteroatoms. The van der Waals surface area contributed by atoms with E-state index in [0.717, 1.165) is 17.5 Å². The van der Waals surface area contributed by atoms with E-state index in [1.807, 2.05) is 24.3 Å². The summed E-state index contributed by atoms with van der Waals surface area (Å²) in [5.41, 5.74) is 1.47. The molecule has 0 radical (unpaired) electrons. The van der Waals surface area contributed by atoms with Crippen LogP contribution in [0.5, 0.6) is 0 Å². The van der Waals surface area contributed by atoms with E-state index in [1.165, 1.54) is 10.6 Å². The third kappa shape index (κ3) is 2.02. The monoisotopic (exact) mass is 245 g/mol. The largest absolute Gasteiger partial charge is 0.212 e. The second-order valence-electron chi connectivity index (χ2n) is 3.66. The second-order valence-corrected chi connectivity index (χ2v) is 6.01. The minimum Gasteiger partial charge on any atom is -0.212 e. The molecule has 2 rings (SSSR count). The molecule has 0 bridgehead atoms. The third-order valence-electron chi connectivity index (χ3n) is 2.59. The number of fused-ring (bicyclic) bond motifs is 1. The highest BCUT2D eigenvalue weighted by Gasteiger charge is 2.31. The lowest BCUT2D eigenvalue weighted by molar-refractivity contribution is 0.381. The van der Waals surface area contributed by atoms with Gasteiger partial charge in [0.2, 0.25) is 10.0 Å². The molecule has 1 atom stereocenters. The quantitative estimate of drug-likeness (QED) is 0.558. The fourth-order valence-electron chi connectivity index (χ4n) is 1.83. The number of benzene rings is 1. The Labute approximate surface area is 94.7 Å². The smallest absolute Gasteiger partial charge is 0.212 e. The average Bonchev–Trinajstić information content (AvgIpc) is 2.16. The number of nitrogens with zero attached hydrogens (tertiary/aromatic N) is 1. The second kappa shape index (κ2) is 3.77. The van der Waals surface area contributed by atoms with E-state index in [2.05, 4.69) is 0 Å². The molecule has 15 heavy (non-hydrogen) atoms. The number of halogens is 1. The van der Waals surface area contributed by atoms with Gasteiger partial charge in [-0.25, -0.2) is 8.42 Å². The van der Waals surface area contributed by atoms with Crippen molar-refractivity contribution in [3.63, 3.8) is 0 Å². The summed E-state index contributed by atoms with van der Waals surface area (Å²) in [6.45, 7) is 0.462. The summed E-state index contributed by atoms with van der Waals surface area (Å²) in [7, 11) is -3.22. The molecular formula is C10H12ClNO2S. The van der Waals surface area contributed by atoms with Crippen molar-refractivity contribution in [2.24, 2.45) is 0 Å². The predicted molar refractivity (Wildman–Crippen MR) is 60.3 cm³/mol. The zero-order valence-corrected chi connectivity index (χ0v) is 9.92. The van der Waals surface area contributed by atoms with Crippen LogP contribution in [0.25, 0.3) is 0 Å². The maximum atomic E-state index is 11.4.